The van der Waals surface area contributed by atoms with Gasteiger partial charge < -0.3 is 24.3 Å². The topological polar surface area (TPSA) is 124 Å². The van der Waals surface area contributed by atoms with Crippen molar-refractivity contribution in [3.8, 4) is 11.5 Å². The molecule has 3 rings (SSSR count). The van der Waals surface area contributed by atoms with E-state index < -0.39 is 11.0 Å². The Balaban J connectivity index is 1.44. The molecule has 0 saturated carbocycles. The number of aliphatic hydroxyl groups is 1. The number of carbonyl (C=O) groups is 1. The fraction of sp³-hybridized carbons (Fsp3) is 0.150. The van der Waals surface area contributed by atoms with Crippen molar-refractivity contribution in [3.05, 3.63) is 82.8 Å². The Hall–Kier alpha value is -3.85. The van der Waals surface area contributed by atoms with Crippen LogP contribution in [0.2, 0.25) is 0 Å². The average molecular weight is 398 g/mol. The van der Waals surface area contributed by atoms with Crippen LogP contribution in [0.1, 0.15) is 10.6 Å². The number of amides is 1. The number of hydrogen-bond donors (Lipinski definition) is 2. The minimum atomic E-state index is -0.937. The molecule has 0 saturated heterocycles. The van der Waals surface area contributed by atoms with Gasteiger partial charge in [-0.25, -0.2) is 0 Å². The van der Waals surface area contributed by atoms with Gasteiger partial charge in [-0.3, -0.25) is 14.9 Å². The Morgan fingerprint density at radius 1 is 1.07 bits per heavy atom. The summed E-state index contributed by atoms with van der Waals surface area (Å²) in [4.78, 5) is 22.1. The molecule has 0 aliphatic rings. The van der Waals surface area contributed by atoms with Crippen molar-refractivity contribution in [2.45, 2.75) is 6.10 Å². The number of rotatable bonds is 9. The van der Waals surface area contributed by atoms with E-state index in [1.165, 1.54) is 24.5 Å². The molecule has 2 aromatic carbocycles. The lowest BCUT2D eigenvalue weighted by molar-refractivity contribution is -0.384. The molecule has 1 amide bonds. The van der Waals surface area contributed by atoms with Crippen LogP contribution in [0.5, 0.6) is 11.5 Å². The molecule has 9 heteroatoms. The molecule has 0 radical (unpaired) electrons. The van der Waals surface area contributed by atoms with E-state index in [0.717, 1.165) is 0 Å². The summed E-state index contributed by atoms with van der Waals surface area (Å²) in [6.07, 6.45) is 0.479. The number of anilines is 1. The van der Waals surface area contributed by atoms with Crippen LogP contribution >= 0.6 is 0 Å². The molecule has 1 aromatic heterocycles. The van der Waals surface area contributed by atoms with Gasteiger partial charge in [0.25, 0.3) is 11.6 Å². The lowest BCUT2D eigenvalue weighted by Gasteiger charge is -2.14. The van der Waals surface area contributed by atoms with Crippen LogP contribution in [0.4, 0.5) is 11.4 Å². The predicted molar refractivity (Wildman–Crippen MR) is 103 cm³/mol. The molecule has 0 unspecified atom stereocenters. The van der Waals surface area contributed by atoms with Crippen LogP contribution in [0.25, 0.3) is 0 Å². The monoisotopic (exact) mass is 398 g/mol. The maximum absolute atomic E-state index is 11.9. The van der Waals surface area contributed by atoms with E-state index in [1.54, 1.807) is 42.5 Å². The van der Waals surface area contributed by atoms with Gasteiger partial charge in [-0.2, -0.15) is 0 Å². The van der Waals surface area contributed by atoms with Crippen LogP contribution in [0.15, 0.2) is 71.3 Å². The fourth-order valence-corrected chi connectivity index (χ4v) is 2.35. The maximum atomic E-state index is 11.9. The molecule has 0 aliphatic carbocycles. The Labute approximate surface area is 165 Å². The second-order valence-corrected chi connectivity index (χ2v) is 5.99. The molecule has 9 nitrogen and oxygen atoms in total. The number of ether oxygens (including phenoxy) is 2. The first kappa shape index (κ1) is 19.9. The third-order valence-electron chi connectivity index (χ3n) is 3.77. The highest BCUT2D eigenvalue weighted by molar-refractivity contribution is 6.02. The largest absolute Gasteiger partial charge is 0.491 e. The Kier molecular flexibility index (Phi) is 6.43. The van der Waals surface area contributed by atoms with Crippen molar-refractivity contribution < 1.29 is 28.7 Å². The van der Waals surface area contributed by atoms with E-state index >= 15 is 0 Å². The van der Waals surface area contributed by atoms with E-state index in [1.807, 2.05) is 0 Å². The second-order valence-electron chi connectivity index (χ2n) is 5.99. The Morgan fingerprint density at radius 2 is 1.79 bits per heavy atom. The van der Waals surface area contributed by atoms with Gasteiger partial charge in [-0.1, -0.05) is 6.07 Å². The Morgan fingerprint density at radius 3 is 2.45 bits per heavy atom. The highest BCUT2D eigenvalue weighted by atomic mass is 16.6. The van der Waals surface area contributed by atoms with E-state index in [2.05, 4.69) is 5.32 Å². The van der Waals surface area contributed by atoms with Crippen LogP contribution in [-0.4, -0.2) is 35.3 Å². The van der Waals surface area contributed by atoms with Crippen molar-refractivity contribution in [2.75, 3.05) is 18.5 Å². The molecule has 3 aromatic rings. The van der Waals surface area contributed by atoms with Gasteiger partial charge in [0.05, 0.1) is 17.3 Å². The number of benzene rings is 2. The third-order valence-corrected chi connectivity index (χ3v) is 3.77. The van der Waals surface area contributed by atoms with Gasteiger partial charge >= 0.3 is 0 Å². The first-order valence-electron chi connectivity index (χ1n) is 8.64. The highest BCUT2D eigenvalue weighted by Crippen LogP contribution is 2.20. The minimum Gasteiger partial charge on any atom is -0.491 e. The summed E-state index contributed by atoms with van der Waals surface area (Å²) in [6, 6.07) is 15.5. The van der Waals surface area contributed by atoms with Crippen LogP contribution < -0.4 is 14.8 Å². The van der Waals surface area contributed by atoms with Crippen molar-refractivity contribution in [3.63, 3.8) is 0 Å². The molecule has 0 spiro atoms. The SMILES string of the molecule is O=C(Nc1ccc(OC[C@H](O)COc2cccc([N+](=O)[O-])c2)cc1)c1ccco1. The average Bonchev–Trinajstić information content (AvgIpc) is 3.27. The number of aliphatic hydroxyl groups excluding tert-OH is 1. The van der Waals surface area contributed by atoms with Gasteiger partial charge in [0.1, 0.15) is 30.8 Å². The van der Waals surface area contributed by atoms with Crippen molar-refractivity contribution in [1.82, 2.24) is 0 Å². The van der Waals surface area contributed by atoms with Gasteiger partial charge in [-0.15, -0.1) is 0 Å². The van der Waals surface area contributed by atoms with E-state index in [-0.39, 0.29) is 36.3 Å². The normalized spacial score (nSPS) is 11.5. The molecule has 1 heterocycles. The second kappa shape index (κ2) is 9.38. The van der Waals surface area contributed by atoms with Gasteiger partial charge in [0.15, 0.2) is 5.76 Å². The maximum Gasteiger partial charge on any atom is 0.291 e. The standard InChI is InChI=1S/C20H18N2O7/c23-16(13-29-18-4-1-3-15(11-18)22(25)26)12-28-17-8-6-14(7-9-17)21-20(24)19-5-2-10-27-19/h1-11,16,23H,12-13H2,(H,21,24)/t16-/m0/s1. The molecular weight excluding hydrogens is 380 g/mol. The number of nitro groups is 1. The molecule has 0 fully saturated rings. The molecular formula is C20H18N2O7. The summed E-state index contributed by atoms with van der Waals surface area (Å²) in [6.45, 7) is -0.120. The summed E-state index contributed by atoms with van der Waals surface area (Å²) >= 11 is 0. The zero-order valence-corrected chi connectivity index (χ0v) is 15.2. The minimum absolute atomic E-state index is 0.0347. The molecule has 29 heavy (non-hydrogen) atoms. The molecule has 2 N–H and O–H groups in total. The number of nitrogens with one attached hydrogen (secondary N) is 1. The van der Waals surface area contributed by atoms with Crippen LogP contribution in [0.3, 0.4) is 0 Å². The number of carbonyl (C=O) groups excluding carboxylic acids is 1. The lowest BCUT2D eigenvalue weighted by atomic mass is 10.3. The zero-order valence-electron chi connectivity index (χ0n) is 15.2. The van der Waals surface area contributed by atoms with Crippen LogP contribution in [0, 0.1) is 10.1 Å². The van der Waals surface area contributed by atoms with E-state index in [9.17, 15) is 20.0 Å². The predicted octanol–water partition coefficient (Wildman–Crippen LogP) is 3.26. The number of nitro benzene ring substituents is 1. The van der Waals surface area contributed by atoms with Crippen molar-refractivity contribution in [1.29, 1.82) is 0 Å². The quantitative estimate of drug-likeness (QED) is 0.419. The lowest BCUT2D eigenvalue weighted by Crippen LogP contribution is -2.25. The molecule has 150 valence electrons. The number of nitrogens with zero attached hydrogens (tertiary/aromatic N) is 1. The summed E-state index contributed by atoms with van der Waals surface area (Å²) in [7, 11) is 0. The molecule has 0 bridgehead atoms. The van der Waals surface area contributed by atoms with E-state index in [4.69, 9.17) is 13.9 Å². The number of furan rings is 1. The fourth-order valence-electron chi connectivity index (χ4n) is 2.35. The van der Waals surface area contributed by atoms with Gasteiger partial charge in [0, 0.05) is 11.8 Å². The smallest absolute Gasteiger partial charge is 0.291 e. The molecule has 1 atom stereocenters. The van der Waals surface area contributed by atoms with E-state index in [0.29, 0.717) is 11.4 Å². The highest BCUT2D eigenvalue weighted by Gasteiger charge is 2.11. The Bertz CT molecular complexity index is 955. The van der Waals surface area contributed by atoms with Gasteiger partial charge in [0.2, 0.25) is 0 Å². The number of hydrogen-bond acceptors (Lipinski definition) is 7. The van der Waals surface area contributed by atoms with Crippen molar-refractivity contribution >= 4 is 17.3 Å². The summed E-state index contributed by atoms with van der Waals surface area (Å²) in [5.74, 6) is 0.625. The summed E-state index contributed by atoms with van der Waals surface area (Å²) < 4.78 is 15.9. The summed E-state index contributed by atoms with van der Waals surface area (Å²) in [5, 5.41) is 23.4. The molecule has 0 aliphatic heterocycles. The first-order chi connectivity index (χ1) is 14.0. The zero-order chi connectivity index (χ0) is 20.6. The van der Waals surface area contributed by atoms with Crippen molar-refractivity contribution in [2.24, 2.45) is 0 Å². The van der Waals surface area contributed by atoms with Crippen LogP contribution in [-0.2, 0) is 0 Å². The summed E-state index contributed by atoms with van der Waals surface area (Å²) in [5.41, 5.74) is 0.473. The third kappa shape index (κ3) is 5.81. The first-order valence-corrected chi connectivity index (χ1v) is 8.64. The van der Waals surface area contributed by atoms with Gasteiger partial charge in [-0.05, 0) is 42.5 Å². The number of non-ortho nitro benzene ring substituents is 1.